The van der Waals surface area contributed by atoms with Crippen LogP contribution in [0.1, 0.15) is 5.56 Å². The fourth-order valence-corrected chi connectivity index (χ4v) is 3.74. The van der Waals surface area contributed by atoms with Crippen molar-refractivity contribution in [3.63, 3.8) is 0 Å². The van der Waals surface area contributed by atoms with Crippen LogP contribution in [0.4, 0.5) is 10.1 Å². The molecule has 1 amide bonds. The number of thioether (sulfide) groups is 1. The molecule has 0 atom stereocenters. The van der Waals surface area contributed by atoms with E-state index in [0.29, 0.717) is 23.1 Å². The van der Waals surface area contributed by atoms with Gasteiger partial charge in [0.1, 0.15) is 11.6 Å². The number of hydrogen-bond acceptors (Lipinski definition) is 5. The van der Waals surface area contributed by atoms with E-state index in [2.05, 4.69) is 38.0 Å². The second-order valence-corrected chi connectivity index (χ2v) is 8.05. The monoisotopic (exact) mass is 476 g/mol. The van der Waals surface area contributed by atoms with E-state index < -0.39 is 5.82 Å². The minimum atomic E-state index is -0.490. The van der Waals surface area contributed by atoms with Crippen LogP contribution in [0.5, 0.6) is 5.75 Å². The number of anilines is 1. The first kappa shape index (κ1) is 21.1. The summed E-state index contributed by atoms with van der Waals surface area (Å²) >= 11 is 4.54. The number of rotatable bonds is 7. The molecule has 6 nitrogen and oxygen atoms in total. The molecule has 29 heavy (non-hydrogen) atoms. The Hall–Kier alpha value is -2.65. The molecular weight excluding hydrogens is 459 g/mol. The number of aryl methyl sites for hydroxylation is 1. The number of nitrogens with zero attached hydrogens (tertiary/aromatic N) is 3. The molecule has 3 rings (SSSR count). The molecule has 0 aliphatic rings. The highest BCUT2D eigenvalue weighted by atomic mass is 79.9. The number of amides is 1. The first-order valence-corrected chi connectivity index (χ1v) is 10.4. The van der Waals surface area contributed by atoms with E-state index in [0.717, 1.165) is 21.8 Å². The maximum absolute atomic E-state index is 13.8. The number of phenolic OH excluding ortho intramolecular Hbond substituents is 1. The van der Waals surface area contributed by atoms with Crippen molar-refractivity contribution in [2.45, 2.75) is 18.6 Å². The van der Waals surface area contributed by atoms with Crippen molar-refractivity contribution in [1.29, 1.82) is 0 Å². The average molecular weight is 477 g/mol. The molecule has 3 aromatic rings. The van der Waals surface area contributed by atoms with E-state index in [9.17, 15) is 14.3 Å². The summed E-state index contributed by atoms with van der Waals surface area (Å²) in [4.78, 5) is 12.3. The van der Waals surface area contributed by atoms with Crippen molar-refractivity contribution in [2.75, 3.05) is 11.1 Å². The molecule has 0 aliphatic heterocycles. The first-order valence-electron chi connectivity index (χ1n) is 8.61. The molecule has 1 heterocycles. The van der Waals surface area contributed by atoms with Crippen molar-refractivity contribution in [3.8, 4) is 17.1 Å². The van der Waals surface area contributed by atoms with Gasteiger partial charge in [-0.25, -0.2) is 4.39 Å². The zero-order valence-electron chi connectivity index (χ0n) is 15.5. The lowest BCUT2D eigenvalue weighted by molar-refractivity contribution is -0.113. The van der Waals surface area contributed by atoms with Gasteiger partial charge in [-0.05, 0) is 42.8 Å². The molecule has 0 radical (unpaired) electrons. The van der Waals surface area contributed by atoms with Crippen LogP contribution in [0.3, 0.4) is 0 Å². The minimum absolute atomic E-state index is 0.0210. The van der Waals surface area contributed by atoms with Gasteiger partial charge in [-0.1, -0.05) is 39.8 Å². The van der Waals surface area contributed by atoms with Crippen LogP contribution in [0.25, 0.3) is 11.4 Å². The van der Waals surface area contributed by atoms with Crippen molar-refractivity contribution < 1.29 is 14.3 Å². The lowest BCUT2D eigenvalue weighted by Crippen LogP contribution is -2.15. The Bertz CT molecular complexity index is 1070. The summed E-state index contributed by atoms with van der Waals surface area (Å²) in [5.41, 5.74) is 1.49. The number of benzene rings is 2. The fraction of sp³-hybridized carbons (Fsp3) is 0.150. The zero-order valence-corrected chi connectivity index (χ0v) is 17.9. The molecule has 0 spiro atoms. The van der Waals surface area contributed by atoms with Crippen LogP contribution in [0.15, 0.2) is 58.7 Å². The lowest BCUT2D eigenvalue weighted by atomic mass is 10.2. The number of aromatic hydroxyl groups is 1. The van der Waals surface area contributed by atoms with E-state index in [1.807, 2.05) is 6.92 Å². The van der Waals surface area contributed by atoms with Gasteiger partial charge >= 0.3 is 0 Å². The van der Waals surface area contributed by atoms with Gasteiger partial charge in [-0.2, -0.15) is 0 Å². The Kier molecular flexibility index (Phi) is 6.71. The number of phenols is 1. The van der Waals surface area contributed by atoms with Gasteiger partial charge in [0, 0.05) is 11.0 Å². The third-order valence-electron chi connectivity index (χ3n) is 3.96. The van der Waals surface area contributed by atoms with Crippen LogP contribution < -0.4 is 5.32 Å². The van der Waals surface area contributed by atoms with Crippen LogP contribution in [0.2, 0.25) is 0 Å². The standard InChI is InChI=1S/C20H18BrFN4O2S/c1-3-8-26-19(14-10-13(21)5-7-17(14)27)24-25-20(26)29-11-18(28)23-16-9-12(2)4-6-15(16)22/h3-7,9-10,27H,1,8,11H2,2H3,(H,23,28). The highest BCUT2D eigenvalue weighted by Crippen LogP contribution is 2.32. The second-order valence-electron chi connectivity index (χ2n) is 6.19. The molecule has 0 fully saturated rings. The Labute approximate surface area is 180 Å². The van der Waals surface area contributed by atoms with Gasteiger partial charge in [0.2, 0.25) is 5.91 Å². The maximum atomic E-state index is 13.8. The third kappa shape index (κ3) is 5.04. The molecule has 2 N–H and O–H groups in total. The van der Waals surface area contributed by atoms with Crippen LogP contribution in [-0.2, 0) is 11.3 Å². The van der Waals surface area contributed by atoms with E-state index in [4.69, 9.17) is 0 Å². The number of allylic oxidation sites excluding steroid dienone is 1. The topological polar surface area (TPSA) is 80.0 Å². The van der Waals surface area contributed by atoms with Crippen molar-refractivity contribution in [1.82, 2.24) is 14.8 Å². The molecule has 2 aromatic carbocycles. The highest BCUT2D eigenvalue weighted by Gasteiger charge is 2.18. The molecule has 0 bridgehead atoms. The highest BCUT2D eigenvalue weighted by molar-refractivity contribution is 9.10. The Balaban J connectivity index is 1.78. The van der Waals surface area contributed by atoms with Gasteiger partial charge < -0.3 is 10.4 Å². The van der Waals surface area contributed by atoms with Gasteiger partial charge in [-0.15, -0.1) is 16.8 Å². The molecule has 150 valence electrons. The fourth-order valence-electron chi connectivity index (χ4n) is 2.63. The number of carbonyl (C=O) groups is 1. The SMILES string of the molecule is C=CCn1c(SCC(=O)Nc2cc(C)ccc2F)nnc1-c1cc(Br)ccc1O. The number of halogens is 2. The van der Waals surface area contributed by atoms with Gasteiger partial charge in [-0.3, -0.25) is 9.36 Å². The van der Waals surface area contributed by atoms with Crippen molar-refractivity contribution in [2.24, 2.45) is 0 Å². The number of aromatic nitrogens is 3. The molecule has 0 saturated carbocycles. The van der Waals surface area contributed by atoms with Gasteiger partial charge in [0.05, 0.1) is 17.0 Å². The number of nitrogens with one attached hydrogen (secondary N) is 1. The van der Waals surface area contributed by atoms with Crippen molar-refractivity contribution in [3.05, 3.63) is 64.9 Å². The average Bonchev–Trinajstić information content (AvgIpc) is 3.08. The quantitative estimate of drug-likeness (QED) is 0.378. The molecule has 0 aliphatic carbocycles. The number of hydrogen-bond donors (Lipinski definition) is 2. The van der Waals surface area contributed by atoms with Crippen LogP contribution in [0, 0.1) is 12.7 Å². The lowest BCUT2D eigenvalue weighted by Gasteiger charge is -2.10. The van der Waals surface area contributed by atoms with Crippen LogP contribution >= 0.6 is 27.7 Å². The number of carbonyl (C=O) groups excluding carboxylic acids is 1. The molecular formula is C20H18BrFN4O2S. The maximum Gasteiger partial charge on any atom is 0.234 e. The Morgan fingerprint density at radius 2 is 2.14 bits per heavy atom. The van der Waals surface area contributed by atoms with Crippen LogP contribution in [-0.4, -0.2) is 31.5 Å². The summed E-state index contributed by atoms with van der Waals surface area (Å²) in [6, 6.07) is 9.54. The van der Waals surface area contributed by atoms with E-state index in [-0.39, 0.29) is 23.1 Å². The molecule has 1 aromatic heterocycles. The summed E-state index contributed by atoms with van der Waals surface area (Å²) in [5, 5.41) is 21.5. The molecule has 0 unspecified atom stereocenters. The summed E-state index contributed by atoms with van der Waals surface area (Å²) in [7, 11) is 0. The predicted molar refractivity (Wildman–Crippen MR) is 116 cm³/mol. The normalized spacial score (nSPS) is 10.7. The van der Waals surface area contributed by atoms with Gasteiger partial charge in [0.25, 0.3) is 0 Å². The predicted octanol–water partition coefficient (Wildman–Crippen LogP) is 4.78. The third-order valence-corrected chi connectivity index (χ3v) is 5.42. The van der Waals surface area contributed by atoms with E-state index in [1.165, 1.54) is 6.07 Å². The minimum Gasteiger partial charge on any atom is -0.507 e. The zero-order chi connectivity index (χ0) is 21.0. The van der Waals surface area contributed by atoms with Crippen molar-refractivity contribution >= 4 is 39.3 Å². The second kappa shape index (κ2) is 9.23. The molecule has 0 saturated heterocycles. The largest absolute Gasteiger partial charge is 0.507 e. The van der Waals surface area contributed by atoms with Gasteiger partial charge in [0.15, 0.2) is 11.0 Å². The Morgan fingerprint density at radius 1 is 1.34 bits per heavy atom. The Morgan fingerprint density at radius 3 is 2.90 bits per heavy atom. The summed E-state index contributed by atoms with van der Waals surface area (Å²) in [5.74, 6) is -0.310. The van der Waals surface area contributed by atoms with E-state index in [1.54, 1.807) is 41.0 Å². The molecule has 9 heteroatoms. The van der Waals surface area contributed by atoms with E-state index >= 15 is 0 Å². The summed E-state index contributed by atoms with van der Waals surface area (Å²) in [6.07, 6.45) is 1.67. The smallest absolute Gasteiger partial charge is 0.234 e. The summed E-state index contributed by atoms with van der Waals surface area (Å²) in [6.45, 7) is 5.96. The first-order chi connectivity index (χ1) is 13.9. The summed E-state index contributed by atoms with van der Waals surface area (Å²) < 4.78 is 16.4.